The van der Waals surface area contributed by atoms with Gasteiger partial charge in [-0.3, -0.25) is 4.79 Å². The predicted octanol–water partition coefficient (Wildman–Crippen LogP) is 2.13. The van der Waals surface area contributed by atoms with E-state index in [2.05, 4.69) is 17.2 Å². The van der Waals surface area contributed by atoms with Gasteiger partial charge in [0.2, 0.25) is 5.91 Å². The Balaban J connectivity index is 1.87. The van der Waals surface area contributed by atoms with E-state index in [4.69, 9.17) is 5.73 Å². The van der Waals surface area contributed by atoms with Crippen LogP contribution in [0.15, 0.2) is 24.3 Å². The Labute approximate surface area is 108 Å². The molecular formula is C15H18N2O. The van der Waals surface area contributed by atoms with Gasteiger partial charge in [0.1, 0.15) is 0 Å². The lowest BCUT2D eigenvalue weighted by molar-refractivity contribution is -0.117. The minimum absolute atomic E-state index is 0.112. The van der Waals surface area contributed by atoms with Crippen LogP contribution >= 0.6 is 0 Å². The molecule has 1 aliphatic rings. The molecule has 0 bridgehead atoms. The van der Waals surface area contributed by atoms with Gasteiger partial charge in [0.25, 0.3) is 0 Å². The number of rotatable bonds is 3. The maximum atomic E-state index is 11.7. The maximum absolute atomic E-state index is 11.7. The van der Waals surface area contributed by atoms with E-state index in [0.717, 1.165) is 11.3 Å². The van der Waals surface area contributed by atoms with Crippen molar-refractivity contribution in [2.75, 3.05) is 11.9 Å². The van der Waals surface area contributed by atoms with Crippen molar-refractivity contribution in [2.45, 2.75) is 25.7 Å². The zero-order valence-electron chi connectivity index (χ0n) is 10.4. The summed E-state index contributed by atoms with van der Waals surface area (Å²) in [6.07, 6.45) is 4.31. The zero-order chi connectivity index (χ0) is 12.8. The smallest absolute Gasteiger partial charge is 0.224 e. The van der Waals surface area contributed by atoms with Gasteiger partial charge in [0.15, 0.2) is 0 Å². The molecule has 1 aliphatic carbocycles. The summed E-state index contributed by atoms with van der Waals surface area (Å²) in [4.78, 5) is 11.7. The van der Waals surface area contributed by atoms with Crippen LogP contribution in [0.3, 0.4) is 0 Å². The van der Waals surface area contributed by atoms with Crippen LogP contribution in [0.2, 0.25) is 0 Å². The Morgan fingerprint density at radius 1 is 1.33 bits per heavy atom. The van der Waals surface area contributed by atoms with E-state index < -0.39 is 0 Å². The Morgan fingerprint density at radius 3 is 2.61 bits per heavy atom. The van der Waals surface area contributed by atoms with Crippen LogP contribution < -0.4 is 11.1 Å². The Kier molecular flexibility index (Phi) is 4.38. The molecule has 1 aromatic carbocycles. The SMILES string of the molecule is NCC#Cc1ccc(NC(=O)CC2CCC2)cc1. The van der Waals surface area contributed by atoms with Crippen LogP contribution in [0.5, 0.6) is 0 Å². The van der Waals surface area contributed by atoms with Crippen molar-refractivity contribution in [3.63, 3.8) is 0 Å². The molecule has 3 N–H and O–H groups in total. The summed E-state index contributed by atoms with van der Waals surface area (Å²) in [5.41, 5.74) is 7.05. The molecule has 0 unspecified atom stereocenters. The summed E-state index contributed by atoms with van der Waals surface area (Å²) >= 11 is 0. The average Bonchev–Trinajstić information content (AvgIpc) is 2.33. The van der Waals surface area contributed by atoms with Crippen molar-refractivity contribution in [1.82, 2.24) is 0 Å². The maximum Gasteiger partial charge on any atom is 0.224 e. The van der Waals surface area contributed by atoms with Gasteiger partial charge < -0.3 is 11.1 Å². The van der Waals surface area contributed by atoms with Crippen molar-refractivity contribution in [3.8, 4) is 11.8 Å². The molecule has 3 heteroatoms. The largest absolute Gasteiger partial charge is 0.326 e. The fourth-order valence-electron chi connectivity index (χ4n) is 1.96. The van der Waals surface area contributed by atoms with Crippen LogP contribution in [-0.4, -0.2) is 12.5 Å². The molecule has 1 fully saturated rings. The minimum atomic E-state index is 0.112. The van der Waals surface area contributed by atoms with Crippen LogP contribution in [-0.2, 0) is 4.79 Å². The first-order valence-electron chi connectivity index (χ1n) is 6.37. The zero-order valence-corrected chi connectivity index (χ0v) is 10.4. The van der Waals surface area contributed by atoms with E-state index in [-0.39, 0.29) is 5.91 Å². The topological polar surface area (TPSA) is 55.1 Å². The van der Waals surface area contributed by atoms with Crippen LogP contribution in [0.1, 0.15) is 31.2 Å². The van der Waals surface area contributed by atoms with Crippen molar-refractivity contribution < 1.29 is 4.79 Å². The number of carbonyl (C=O) groups excluding carboxylic acids is 1. The van der Waals surface area contributed by atoms with Gasteiger partial charge in [0.05, 0.1) is 6.54 Å². The summed E-state index contributed by atoms with van der Waals surface area (Å²) in [7, 11) is 0. The summed E-state index contributed by atoms with van der Waals surface area (Å²) in [6.45, 7) is 0.361. The lowest BCUT2D eigenvalue weighted by Gasteiger charge is -2.24. The van der Waals surface area contributed by atoms with Gasteiger partial charge in [-0.15, -0.1) is 0 Å². The molecule has 94 valence electrons. The molecule has 3 nitrogen and oxygen atoms in total. The number of benzene rings is 1. The van der Waals surface area contributed by atoms with Crippen LogP contribution in [0.25, 0.3) is 0 Å². The van der Waals surface area contributed by atoms with Crippen molar-refractivity contribution in [1.29, 1.82) is 0 Å². The Bertz CT molecular complexity index is 464. The highest BCUT2D eigenvalue weighted by Crippen LogP contribution is 2.29. The second kappa shape index (κ2) is 6.23. The number of hydrogen-bond acceptors (Lipinski definition) is 2. The van der Waals surface area contributed by atoms with E-state index in [1.165, 1.54) is 19.3 Å². The summed E-state index contributed by atoms with van der Waals surface area (Å²) < 4.78 is 0. The van der Waals surface area contributed by atoms with Gasteiger partial charge in [0, 0.05) is 17.7 Å². The molecule has 0 spiro atoms. The summed E-state index contributed by atoms with van der Waals surface area (Å²) in [6, 6.07) is 7.53. The van der Waals surface area contributed by atoms with E-state index in [0.29, 0.717) is 18.9 Å². The third kappa shape index (κ3) is 3.61. The van der Waals surface area contributed by atoms with Gasteiger partial charge in [-0.05, 0) is 43.0 Å². The van der Waals surface area contributed by atoms with Gasteiger partial charge >= 0.3 is 0 Å². The Morgan fingerprint density at radius 2 is 2.06 bits per heavy atom. The molecule has 0 aromatic heterocycles. The lowest BCUT2D eigenvalue weighted by Crippen LogP contribution is -2.20. The molecule has 0 radical (unpaired) electrons. The quantitative estimate of drug-likeness (QED) is 0.798. The number of nitrogens with one attached hydrogen (secondary N) is 1. The highest BCUT2D eigenvalue weighted by atomic mass is 16.1. The van der Waals surface area contributed by atoms with Crippen molar-refractivity contribution in [2.24, 2.45) is 11.7 Å². The molecule has 2 rings (SSSR count). The third-order valence-corrected chi connectivity index (χ3v) is 3.20. The molecule has 0 heterocycles. The van der Waals surface area contributed by atoms with E-state index >= 15 is 0 Å². The van der Waals surface area contributed by atoms with E-state index in [1.54, 1.807) is 0 Å². The van der Waals surface area contributed by atoms with Crippen molar-refractivity contribution in [3.05, 3.63) is 29.8 Å². The highest BCUT2D eigenvalue weighted by Gasteiger charge is 2.20. The van der Waals surface area contributed by atoms with Crippen LogP contribution in [0, 0.1) is 17.8 Å². The number of amides is 1. The van der Waals surface area contributed by atoms with E-state index in [1.807, 2.05) is 24.3 Å². The molecule has 0 saturated heterocycles. The standard InChI is InChI=1S/C15H18N2O/c16-10-2-5-12-6-8-14(9-7-12)17-15(18)11-13-3-1-4-13/h6-9,13H,1,3-4,10-11,16H2,(H,17,18). The van der Waals surface area contributed by atoms with Gasteiger partial charge in [-0.2, -0.15) is 0 Å². The highest BCUT2D eigenvalue weighted by molar-refractivity contribution is 5.90. The van der Waals surface area contributed by atoms with Crippen molar-refractivity contribution >= 4 is 11.6 Å². The average molecular weight is 242 g/mol. The molecule has 1 saturated carbocycles. The van der Waals surface area contributed by atoms with Gasteiger partial charge in [-0.1, -0.05) is 18.3 Å². The molecule has 0 aliphatic heterocycles. The number of carbonyl (C=O) groups is 1. The second-order valence-electron chi connectivity index (χ2n) is 4.63. The first-order chi connectivity index (χ1) is 8.78. The molecule has 1 aromatic rings. The molecule has 1 amide bonds. The molecule has 18 heavy (non-hydrogen) atoms. The number of hydrogen-bond donors (Lipinski definition) is 2. The van der Waals surface area contributed by atoms with E-state index in [9.17, 15) is 4.79 Å². The number of nitrogens with two attached hydrogens (primary N) is 1. The monoisotopic (exact) mass is 242 g/mol. The number of anilines is 1. The summed E-state index contributed by atoms with van der Waals surface area (Å²) in [5.74, 6) is 6.45. The molecule has 0 atom stereocenters. The first-order valence-corrected chi connectivity index (χ1v) is 6.37. The summed E-state index contributed by atoms with van der Waals surface area (Å²) in [5, 5.41) is 2.91. The Hall–Kier alpha value is -1.79. The first kappa shape index (κ1) is 12.7. The third-order valence-electron chi connectivity index (χ3n) is 3.20. The molecular weight excluding hydrogens is 224 g/mol. The minimum Gasteiger partial charge on any atom is -0.326 e. The van der Waals surface area contributed by atoms with Crippen LogP contribution in [0.4, 0.5) is 5.69 Å². The van der Waals surface area contributed by atoms with Gasteiger partial charge in [-0.25, -0.2) is 0 Å². The normalized spacial score (nSPS) is 14.3. The predicted molar refractivity (Wildman–Crippen MR) is 73.0 cm³/mol. The lowest BCUT2D eigenvalue weighted by atomic mass is 9.83. The second-order valence-corrected chi connectivity index (χ2v) is 4.63. The fraction of sp³-hybridized carbons (Fsp3) is 0.400. The fourth-order valence-corrected chi connectivity index (χ4v) is 1.96.